The van der Waals surface area contributed by atoms with Gasteiger partial charge in [-0.2, -0.15) is 16.8 Å². The fourth-order valence-corrected chi connectivity index (χ4v) is 3.87. The van der Waals surface area contributed by atoms with Crippen LogP contribution in [0, 0.1) is 0 Å². The first kappa shape index (κ1) is 15.8. The normalized spacial score (nSPS) is 12.1. The van der Waals surface area contributed by atoms with Gasteiger partial charge in [0.2, 0.25) is 0 Å². The molecule has 0 aliphatic rings. The molecule has 9 heteroatoms. The van der Waals surface area contributed by atoms with Gasteiger partial charge in [0.05, 0.1) is 0 Å². The van der Waals surface area contributed by atoms with Crippen molar-refractivity contribution in [3.63, 3.8) is 0 Å². The molecular weight excluding hydrogens is 340 g/mol. The van der Waals surface area contributed by atoms with Crippen LogP contribution in [0.5, 0.6) is 5.75 Å². The molecule has 1 N–H and O–H groups in total. The van der Waals surface area contributed by atoms with E-state index < -0.39 is 30.0 Å². The summed E-state index contributed by atoms with van der Waals surface area (Å²) in [5.74, 6) is -0.0375. The average molecular weight is 349 g/mol. The van der Waals surface area contributed by atoms with E-state index in [0.717, 1.165) is 12.1 Å². The predicted molar refractivity (Wildman–Crippen MR) is 75.5 cm³/mol. The molecule has 0 bridgehead atoms. The third-order valence-corrected chi connectivity index (χ3v) is 5.02. The molecule has 2 aromatic carbocycles. The first-order chi connectivity index (χ1) is 9.70. The Bertz CT molecular complexity index is 857. The van der Waals surface area contributed by atoms with E-state index in [1.807, 2.05) is 0 Å². The second-order valence-corrected chi connectivity index (χ2v) is 7.25. The van der Waals surface area contributed by atoms with Crippen molar-refractivity contribution in [1.82, 2.24) is 0 Å². The van der Waals surface area contributed by atoms with Gasteiger partial charge in [0.15, 0.2) is 0 Å². The first-order valence-electron chi connectivity index (χ1n) is 5.47. The van der Waals surface area contributed by atoms with Gasteiger partial charge in [-0.25, -0.2) is 0 Å². The molecule has 112 valence electrons. The average Bonchev–Trinajstić information content (AvgIpc) is 2.40. The quantitative estimate of drug-likeness (QED) is 0.672. The Labute approximate surface area is 126 Å². The van der Waals surface area contributed by atoms with E-state index in [-0.39, 0.29) is 5.75 Å². The lowest BCUT2D eigenvalue weighted by atomic mass is 10.3. The van der Waals surface area contributed by atoms with Gasteiger partial charge in [-0.05, 0) is 36.4 Å². The van der Waals surface area contributed by atoms with Crippen molar-refractivity contribution in [3.05, 3.63) is 53.6 Å². The highest BCUT2D eigenvalue weighted by atomic mass is 35.5. The molecule has 2 rings (SSSR count). The second-order valence-electron chi connectivity index (χ2n) is 3.91. The molecule has 0 saturated carbocycles. The summed E-state index contributed by atoms with van der Waals surface area (Å²) in [6, 6.07) is 10.0. The minimum Gasteiger partial charge on any atom is -0.379 e. The Balaban J connectivity index is 2.48. The van der Waals surface area contributed by atoms with E-state index in [1.54, 1.807) is 0 Å². The summed E-state index contributed by atoms with van der Waals surface area (Å²) in [7, 11) is -9.12. The van der Waals surface area contributed by atoms with Crippen LogP contribution in [0.2, 0.25) is 5.02 Å². The van der Waals surface area contributed by atoms with Crippen LogP contribution in [0.4, 0.5) is 0 Å². The lowest BCUT2D eigenvalue weighted by Gasteiger charge is -2.09. The lowest BCUT2D eigenvalue weighted by Crippen LogP contribution is -2.14. The number of hydrogen-bond acceptors (Lipinski definition) is 5. The monoisotopic (exact) mass is 348 g/mol. The van der Waals surface area contributed by atoms with E-state index in [2.05, 4.69) is 0 Å². The highest BCUT2D eigenvalue weighted by Gasteiger charge is 2.26. The lowest BCUT2D eigenvalue weighted by molar-refractivity contribution is 0.468. The number of rotatable bonds is 4. The zero-order chi connectivity index (χ0) is 15.7. The van der Waals surface area contributed by atoms with Crippen LogP contribution in [-0.2, 0) is 20.2 Å². The van der Waals surface area contributed by atoms with Crippen LogP contribution in [0.1, 0.15) is 0 Å². The molecule has 0 radical (unpaired) electrons. The smallest absolute Gasteiger partial charge is 0.340 e. The molecule has 0 aliphatic heterocycles. The zero-order valence-electron chi connectivity index (χ0n) is 10.3. The summed E-state index contributed by atoms with van der Waals surface area (Å²) in [6.45, 7) is 0. The van der Waals surface area contributed by atoms with Crippen molar-refractivity contribution in [2.45, 2.75) is 9.79 Å². The third kappa shape index (κ3) is 3.73. The van der Waals surface area contributed by atoms with Gasteiger partial charge in [0, 0.05) is 5.02 Å². The maximum absolute atomic E-state index is 12.1. The third-order valence-electron chi connectivity index (χ3n) is 2.42. The zero-order valence-corrected chi connectivity index (χ0v) is 12.7. The molecule has 2 aromatic rings. The summed E-state index contributed by atoms with van der Waals surface area (Å²) in [6.07, 6.45) is 0. The van der Waals surface area contributed by atoms with Gasteiger partial charge in [-0.3, -0.25) is 4.55 Å². The van der Waals surface area contributed by atoms with E-state index in [4.69, 9.17) is 20.3 Å². The van der Waals surface area contributed by atoms with E-state index in [0.29, 0.717) is 5.02 Å². The molecule has 0 amide bonds. The van der Waals surface area contributed by atoms with E-state index >= 15 is 0 Å². The maximum atomic E-state index is 12.1. The van der Waals surface area contributed by atoms with E-state index in [9.17, 15) is 16.8 Å². The van der Waals surface area contributed by atoms with Crippen molar-refractivity contribution >= 4 is 31.8 Å². The van der Waals surface area contributed by atoms with Crippen molar-refractivity contribution in [1.29, 1.82) is 0 Å². The number of benzene rings is 2. The molecule has 0 spiro atoms. The van der Waals surface area contributed by atoms with Crippen LogP contribution >= 0.6 is 11.6 Å². The second kappa shape index (κ2) is 5.64. The molecule has 0 saturated heterocycles. The van der Waals surface area contributed by atoms with Gasteiger partial charge in [-0.15, -0.1) is 0 Å². The van der Waals surface area contributed by atoms with Gasteiger partial charge in [-0.1, -0.05) is 23.7 Å². The highest BCUT2D eigenvalue weighted by Crippen LogP contribution is 2.25. The molecular formula is C12H9ClO6S2. The summed E-state index contributed by atoms with van der Waals surface area (Å²) in [5, 5.41) is 0.387. The molecule has 6 nitrogen and oxygen atoms in total. The topological polar surface area (TPSA) is 97.7 Å². The summed E-state index contributed by atoms with van der Waals surface area (Å²) in [5.41, 5.74) is 0. The van der Waals surface area contributed by atoms with Crippen molar-refractivity contribution in [3.8, 4) is 5.75 Å². The van der Waals surface area contributed by atoms with Crippen LogP contribution < -0.4 is 4.18 Å². The maximum Gasteiger partial charge on any atom is 0.340 e. The Morgan fingerprint density at radius 3 is 1.90 bits per heavy atom. The fraction of sp³-hybridized carbons (Fsp3) is 0. The largest absolute Gasteiger partial charge is 0.379 e. The Hall–Kier alpha value is -1.61. The first-order valence-corrected chi connectivity index (χ1v) is 8.69. The number of hydrogen-bond donors (Lipinski definition) is 1. The van der Waals surface area contributed by atoms with Crippen LogP contribution in [0.3, 0.4) is 0 Å². The summed E-state index contributed by atoms with van der Waals surface area (Å²) in [4.78, 5) is -1.40. The molecule has 0 aromatic heterocycles. The fourth-order valence-electron chi connectivity index (χ4n) is 1.53. The minimum absolute atomic E-state index is 0.0375. The standard InChI is InChI=1S/C12H9ClO6S2/c13-9-5-7-10(8-6-9)19-21(17,18)12-4-2-1-3-11(12)20(14,15)16/h1-8H,(H,14,15,16). The minimum atomic E-state index is -4.70. The van der Waals surface area contributed by atoms with Gasteiger partial charge in [0.25, 0.3) is 10.1 Å². The number of halogens is 1. The molecule has 0 heterocycles. The SMILES string of the molecule is O=S(=O)(O)c1ccccc1S(=O)(=O)Oc1ccc(Cl)cc1. The van der Waals surface area contributed by atoms with Crippen molar-refractivity contribution in [2.24, 2.45) is 0 Å². The van der Waals surface area contributed by atoms with Crippen molar-refractivity contribution in [2.75, 3.05) is 0 Å². The molecule has 0 unspecified atom stereocenters. The molecule has 0 fully saturated rings. The predicted octanol–water partition coefficient (Wildman–Crippen LogP) is 2.35. The van der Waals surface area contributed by atoms with Gasteiger partial charge in [0.1, 0.15) is 15.5 Å². The van der Waals surface area contributed by atoms with E-state index in [1.165, 1.54) is 36.4 Å². The van der Waals surface area contributed by atoms with Gasteiger partial charge < -0.3 is 4.18 Å². The highest BCUT2D eigenvalue weighted by molar-refractivity contribution is 7.89. The summed E-state index contributed by atoms with van der Waals surface area (Å²) >= 11 is 5.67. The van der Waals surface area contributed by atoms with Crippen molar-refractivity contribution < 1.29 is 25.6 Å². The Morgan fingerprint density at radius 1 is 0.857 bits per heavy atom. The van der Waals surface area contributed by atoms with Gasteiger partial charge >= 0.3 is 10.1 Å². The Morgan fingerprint density at radius 2 is 1.38 bits per heavy atom. The van der Waals surface area contributed by atoms with Crippen LogP contribution in [-0.4, -0.2) is 21.4 Å². The van der Waals surface area contributed by atoms with Crippen LogP contribution in [0.25, 0.3) is 0 Å². The van der Waals surface area contributed by atoms with Crippen LogP contribution in [0.15, 0.2) is 58.3 Å². The Kier molecular flexibility index (Phi) is 4.24. The summed E-state index contributed by atoms with van der Waals surface area (Å²) < 4.78 is 60.6. The molecule has 0 atom stereocenters. The molecule has 21 heavy (non-hydrogen) atoms. The molecule has 0 aliphatic carbocycles.